The van der Waals surface area contributed by atoms with Crippen molar-refractivity contribution < 1.29 is 49.0 Å². The van der Waals surface area contributed by atoms with Crippen molar-refractivity contribution in [1.82, 2.24) is 5.32 Å². The number of alkyl carbamates (subject to hydrolysis) is 1. The smallest absolute Gasteiger partial charge is 0.548 e. The van der Waals surface area contributed by atoms with Crippen LogP contribution < -0.4 is 45.7 Å². The Morgan fingerprint density at radius 2 is 1.95 bits per heavy atom. The van der Waals surface area contributed by atoms with Gasteiger partial charge in [0.05, 0.1) is 12.0 Å². The number of ether oxygens (including phenoxy) is 1. The number of carboxylic acids is 1. The molecule has 0 aliphatic rings. The molecule has 0 spiro atoms. The number of hydrogen-bond donors (Lipinski definition) is 2. The van der Waals surface area contributed by atoms with E-state index in [1.54, 1.807) is 12.1 Å². The fraction of sp³-hybridized carbons (Fsp3) is 0.385. The van der Waals surface area contributed by atoms with Crippen LogP contribution in [-0.4, -0.2) is 24.6 Å². The second-order valence-electron chi connectivity index (χ2n) is 4.01. The van der Waals surface area contributed by atoms with Crippen LogP contribution in [0.15, 0.2) is 30.3 Å². The maximum Gasteiger partial charge on any atom is 1.00 e. The predicted molar refractivity (Wildman–Crippen MR) is 66.8 cm³/mol. The van der Waals surface area contributed by atoms with Crippen molar-refractivity contribution in [3.63, 3.8) is 0 Å². The third-order valence-corrected chi connectivity index (χ3v) is 2.49. The molecule has 104 valence electrons. The molecule has 6 nitrogen and oxygen atoms in total. The average molecular weight is 288 g/mol. The van der Waals surface area contributed by atoms with Crippen molar-refractivity contribution in [2.45, 2.75) is 25.5 Å². The van der Waals surface area contributed by atoms with Gasteiger partial charge in [0.25, 0.3) is 0 Å². The van der Waals surface area contributed by atoms with Crippen molar-refractivity contribution in [1.29, 1.82) is 0 Å². The fourth-order valence-corrected chi connectivity index (χ4v) is 1.48. The summed E-state index contributed by atoms with van der Waals surface area (Å²) in [5.41, 5.74) is 6.11. The standard InChI is InChI=1S/C13H18N2O4.Na/c14-8-4-7-11(12(16)17)15-13(18)19-9-10-5-2-1-3-6-10;/h1-3,5-6,11H,4,7-9,14H2,(H,15,18)(H,16,17);/q;+1/p-1/t11-;/m0./s1. The number of nitrogens with two attached hydrogens (primary N) is 1. The Bertz CT molecular complexity index is 414. The van der Waals surface area contributed by atoms with Gasteiger partial charge in [0.2, 0.25) is 0 Å². The van der Waals surface area contributed by atoms with Gasteiger partial charge in [0.15, 0.2) is 0 Å². The number of benzene rings is 1. The number of rotatable bonds is 7. The molecule has 0 heterocycles. The van der Waals surface area contributed by atoms with Gasteiger partial charge in [-0.05, 0) is 24.9 Å². The molecule has 1 amide bonds. The predicted octanol–water partition coefficient (Wildman–Crippen LogP) is -3.23. The summed E-state index contributed by atoms with van der Waals surface area (Å²) in [4.78, 5) is 22.2. The minimum atomic E-state index is -1.34. The van der Waals surface area contributed by atoms with E-state index >= 15 is 0 Å². The van der Waals surface area contributed by atoms with Crippen molar-refractivity contribution >= 4 is 12.1 Å². The number of carbonyl (C=O) groups is 2. The number of hydrogen-bond acceptors (Lipinski definition) is 5. The Kier molecular flexibility index (Phi) is 10.1. The van der Waals surface area contributed by atoms with E-state index in [1.165, 1.54) is 0 Å². The van der Waals surface area contributed by atoms with Gasteiger partial charge in [0, 0.05) is 0 Å². The first-order valence-electron chi connectivity index (χ1n) is 6.01. The molecule has 1 atom stereocenters. The summed E-state index contributed by atoms with van der Waals surface area (Å²) in [5.74, 6) is -1.34. The molecule has 0 aliphatic heterocycles. The number of carbonyl (C=O) groups excluding carboxylic acids is 2. The van der Waals surface area contributed by atoms with Crippen LogP contribution >= 0.6 is 0 Å². The van der Waals surface area contributed by atoms with Gasteiger partial charge in [-0.1, -0.05) is 30.3 Å². The Morgan fingerprint density at radius 3 is 2.50 bits per heavy atom. The van der Waals surface area contributed by atoms with Gasteiger partial charge in [-0.3, -0.25) is 0 Å². The summed E-state index contributed by atoms with van der Waals surface area (Å²) in [6, 6.07) is 8.02. The first-order valence-corrected chi connectivity index (χ1v) is 6.01. The SMILES string of the molecule is NCCC[C@H](NC(=O)OCc1ccccc1)C(=O)[O-].[Na+]. The summed E-state index contributed by atoms with van der Waals surface area (Å²) in [6.07, 6.45) is -0.0771. The fourth-order valence-electron chi connectivity index (χ4n) is 1.48. The average Bonchev–Trinajstić information content (AvgIpc) is 2.42. The first-order chi connectivity index (χ1) is 9.13. The van der Waals surface area contributed by atoms with E-state index in [4.69, 9.17) is 10.5 Å². The molecule has 0 radical (unpaired) electrons. The third-order valence-electron chi connectivity index (χ3n) is 2.49. The third kappa shape index (κ3) is 7.49. The van der Waals surface area contributed by atoms with Crippen LogP contribution in [0.1, 0.15) is 18.4 Å². The molecule has 0 aromatic heterocycles. The van der Waals surface area contributed by atoms with Gasteiger partial charge >= 0.3 is 35.7 Å². The van der Waals surface area contributed by atoms with E-state index in [1.807, 2.05) is 18.2 Å². The van der Waals surface area contributed by atoms with Crippen LogP contribution in [-0.2, 0) is 16.1 Å². The van der Waals surface area contributed by atoms with Crippen LogP contribution in [0.3, 0.4) is 0 Å². The number of amides is 1. The molecule has 0 fully saturated rings. The molecule has 1 rings (SSSR count). The van der Waals surface area contributed by atoms with Gasteiger partial charge in [0.1, 0.15) is 6.61 Å². The zero-order valence-electron chi connectivity index (χ0n) is 11.5. The second-order valence-corrected chi connectivity index (χ2v) is 4.01. The molecule has 1 aromatic carbocycles. The van der Waals surface area contributed by atoms with Gasteiger partial charge < -0.3 is 25.7 Å². The van der Waals surface area contributed by atoms with E-state index < -0.39 is 18.1 Å². The second kappa shape index (κ2) is 10.7. The Balaban J connectivity index is 0.00000361. The molecule has 1 aromatic rings. The van der Waals surface area contributed by atoms with E-state index in [0.717, 1.165) is 5.56 Å². The van der Waals surface area contributed by atoms with Gasteiger partial charge in [-0.15, -0.1) is 0 Å². The summed E-state index contributed by atoms with van der Waals surface area (Å²) in [6.45, 7) is 0.438. The minimum absolute atomic E-state index is 0. The number of carboxylic acid groups (broad SMARTS) is 1. The molecule has 0 saturated carbocycles. The molecule has 7 heteroatoms. The van der Waals surface area contributed by atoms with Crippen LogP contribution in [0.2, 0.25) is 0 Å². The molecule has 0 unspecified atom stereocenters. The van der Waals surface area contributed by atoms with Crippen molar-refractivity contribution in [3.8, 4) is 0 Å². The van der Waals surface area contributed by atoms with Crippen molar-refractivity contribution in [2.75, 3.05) is 6.54 Å². The first kappa shape index (κ1) is 18.9. The van der Waals surface area contributed by atoms with Crippen LogP contribution in [0, 0.1) is 0 Å². The van der Waals surface area contributed by atoms with Gasteiger partial charge in [-0.2, -0.15) is 0 Å². The van der Waals surface area contributed by atoms with Gasteiger partial charge in [-0.25, -0.2) is 4.79 Å². The summed E-state index contributed by atoms with van der Waals surface area (Å²) < 4.78 is 4.92. The molecular formula is C13H17N2NaO4. The van der Waals surface area contributed by atoms with Crippen molar-refractivity contribution in [3.05, 3.63) is 35.9 Å². The summed E-state index contributed by atoms with van der Waals surface area (Å²) >= 11 is 0. The minimum Gasteiger partial charge on any atom is -0.548 e. The molecule has 3 N–H and O–H groups in total. The van der Waals surface area contributed by atoms with Crippen LogP contribution in [0.25, 0.3) is 0 Å². The zero-order chi connectivity index (χ0) is 14.1. The van der Waals surface area contributed by atoms with E-state index in [9.17, 15) is 14.7 Å². The quantitative estimate of drug-likeness (QED) is 0.513. The van der Waals surface area contributed by atoms with Crippen molar-refractivity contribution in [2.24, 2.45) is 5.73 Å². The number of aliphatic carboxylic acids is 1. The van der Waals surface area contributed by atoms with Crippen LogP contribution in [0.5, 0.6) is 0 Å². The summed E-state index contributed by atoms with van der Waals surface area (Å²) in [5, 5.41) is 13.0. The topological polar surface area (TPSA) is 104 Å². The largest absolute Gasteiger partial charge is 1.00 e. The molecular weight excluding hydrogens is 271 g/mol. The normalized spacial score (nSPS) is 11.1. The van der Waals surface area contributed by atoms with E-state index in [-0.39, 0.29) is 42.6 Å². The number of nitrogens with one attached hydrogen (secondary N) is 1. The molecule has 0 saturated heterocycles. The summed E-state index contributed by atoms with van der Waals surface area (Å²) in [7, 11) is 0. The Labute approximate surface area is 140 Å². The van der Waals surface area contributed by atoms with Crippen LogP contribution in [0.4, 0.5) is 4.79 Å². The Hall–Kier alpha value is -1.08. The molecule has 0 aliphatic carbocycles. The zero-order valence-corrected chi connectivity index (χ0v) is 13.5. The molecule has 20 heavy (non-hydrogen) atoms. The van der Waals surface area contributed by atoms with E-state index in [2.05, 4.69) is 5.32 Å². The maximum atomic E-state index is 11.4. The molecule has 0 bridgehead atoms. The van der Waals surface area contributed by atoms with E-state index in [0.29, 0.717) is 13.0 Å². The maximum absolute atomic E-state index is 11.4. The monoisotopic (exact) mass is 288 g/mol. The Morgan fingerprint density at radius 1 is 1.30 bits per heavy atom.